The Labute approximate surface area is 256 Å². The first-order valence-electron chi connectivity index (χ1n) is 15.5. The van der Waals surface area contributed by atoms with E-state index in [-0.39, 0.29) is 35.9 Å². The Kier molecular flexibility index (Phi) is 12.4. The van der Waals surface area contributed by atoms with Crippen molar-refractivity contribution in [2.75, 3.05) is 19.8 Å². The van der Waals surface area contributed by atoms with Crippen molar-refractivity contribution >= 4 is 5.97 Å². The first-order valence-corrected chi connectivity index (χ1v) is 15.5. The van der Waals surface area contributed by atoms with E-state index in [0.29, 0.717) is 42.9 Å². The first-order chi connectivity index (χ1) is 20.3. The van der Waals surface area contributed by atoms with Gasteiger partial charge in [0.15, 0.2) is 0 Å². The molecule has 0 amide bonds. The van der Waals surface area contributed by atoms with Crippen LogP contribution in [0.5, 0.6) is 11.5 Å². The highest BCUT2D eigenvalue weighted by Gasteiger charge is 2.33. The number of aromatic carboxylic acids is 1. The molecule has 0 radical (unpaired) electrons. The fourth-order valence-electron chi connectivity index (χ4n) is 5.82. The van der Waals surface area contributed by atoms with Gasteiger partial charge in [0.25, 0.3) is 0 Å². The van der Waals surface area contributed by atoms with Crippen molar-refractivity contribution in [2.45, 2.75) is 104 Å². The molecule has 0 bridgehead atoms. The van der Waals surface area contributed by atoms with Crippen molar-refractivity contribution in [3.63, 3.8) is 0 Å². The van der Waals surface area contributed by atoms with Crippen molar-refractivity contribution in [3.8, 4) is 11.5 Å². The number of hydrogen-bond acceptors (Lipinski definition) is 7. The average Bonchev–Trinajstić information content (AvgIpc) is 3.33. The largest absolute Gasteiger partial charge is 0.507 e. The van der Waals surface area contributed by atoms with Gasteiger partial charge in [-0.3, -0.25) is 4.68 Å². The van der Waals surface area contributed by atoms with Crippen LogP contribution in [0.1, 0.15) is 107 Å². The molecule has 3 unspecified atom stereocenters. The molecule has 43 heavy (non-hydrogen) atoms. The number of rotatable bonds is 17. The normalized spacial score (nSPS) is 17.9. The predicted molar refractivity (Wildman–Crippen MR) is 168 cm³/mol. The Bertz CT molecular complexity index is 1280. The lowest BCUT2D eigenvalue weighted by molar-refractivity contribution is -0.0777. The Morgan fingerprint density at radius 2 is 2.02 bits per heavy atom. The highest BCUT2D eigenvalue weighted by molar-refractivity contribution is 5.94. The van der Waals surface area contributed by atoms with Crippen LogP contribution in [0.15, 0.2) is 36.1 Å². The lowest BCUT2D eigenvalue weighted by atomic mass is 9.73. The number of ether oxygens (including phenoxy) is 3. The predicted octanol–water partition coefficient (Wildman–Crippen LogP) is 6.79. The van der Waals surface area contributed by atoms with Gasteiger partial charge >= 0.3 is 5.97 Å². The minimum absolute atomic E-state index is 0.0262. The van der Waals surface area contributed by atoms with Crippen molar-refractivity contribution in [1.29, 1.82) is 0 Å². The molecule has 1 aromatic carbocycles. The van der Waals surface area contributed by atoms with Crippen LogP contribution >= 0.6 is 0 Å². The van der Waals surface area contributed by atoms with E-state index in [4.69, 9.17) is 14.2 Å². The molecule has 238 valence electrons. The molecule has 0 spiro atoms. The van der Waals surface area contributed by atoms with Gasteiger partial charge in [0, 0.05) is 31.1 Å². The Balaban J connectivity index is 1.76. The van der Waals surface area contributed by atoms with Crippen LogP contribution in [-0.2, 0) is 29.4 Å². The molecule has 9 nitrogen and oxygen atoms in total. The number of phenols is 1. The molecule has 1 aliphatic rings. The van der Waals surface area contributed by atoms with Gasteiger partial charge in [-0.05, 0) is 77.8 Å². The second kappa shape index (κ2) is 15.5. The number of aromatic hydroxyl groups is 1. The summed E-state index contributed by atoms with van der Waals surface area (Å²) in [6, 6.07) is 1.82. The maximum Gasteiger partial charge on any atom is 0.339 e. The van der Waals surface area contributed by atoms with Crippen LogP contribution in [-0.4, -0.2) is 62.7 Å². The van der Waals surface area contributed by atoms with Gasteiger partial charge < -0.3 is 24.4 Å². The molecule has 9 heteroatoms. The number of carboxylic acids is 1. The number of unbranched alkanes of at least 4 members (excludes halogenated alkanes) is 2. The summed E-state index contributed by atoms with van der Waals surface area (Å²) < 4.78 is 20.1. The fraction of sp³-hybridized carbons (Fsp3) is 0.618. The minimum Gasteiger partial charge on any atom is -0.507 e. The van der Waals surface area contributed by atoms with Crippen molar-refractivity contribution in [2.24, 2.45) is 13.0 Å². The molecule has 0 saturated heterocycles. The topological polar surface area (TPSA) is 116 Å². The summed E-state index contributed by atoms with van der Waals surface area (Å²) in [5.74, 6) is -0.975. The van der Waals surface area contributed by atoms with E-state index in [9.17, 15) is 15.0 Å². The van der Waals surface area contributed by atoms with E-state index < -0.39 is 11.6 Å². The average molecular weight is 598 g/mol. The van der Waals surface area contributed by atoms with Gasteiger partial charge in [-0.2, -0.15) is 0 Å². The van der Waals surface area contributed by atoms with Gasteiger partial charge in [-0.1, -0.05) is 48.8 Å². The second-order valence-corrected chi connectivity index (χ2v) is 12.6. The number of aromatic nitrogens is 3. The van der Waals surface area contributed by atoms with Crippen molar-refractivity contribution < 1.29 is 29.2 Å². The molecule has 0 fully saturated rings. The van der Waals surface area contributed by atoms with Gasteiger partial charge in [0.1, 0.15) is 23.7 Å². The van der Waals surface area contributed by atoms with Crippen LogP contribution in [0, 0.1) is 5.92 Å². The molecular formula is C34H51N3O6. The van der Waals surface area contributed by atoms with Crippen LogP contribution in [0.25, 0.3) is 0 Å². The highest BCUT2D eigenvalue weighted by Crippen LogP contribution is 2.48. The third kappa shape index (κ3) is 9.66. The number of carbonyl (C=O) groups is 1. The molecule has 0 saturated carbocycles. The lowest BCUT2D eigenvalue weighted by Gasteiger charge is -2.32. The van der Waals surface area contributed by atoms with E-state index in [1.54, 1.807) is 4.68 Å². The van der Waals surface area contributed by atoms with E-state index in [1.165, 1.54) is 5.57 Å². The van der Waals surface area contributed by atoms with Crippen LogP contribution < -0.4 is 4.74 Å². The maximum absolute atomic E-state index is 12.4. The van der Waals surface area contributed by atoms with E-state index >= 15 is 0 Å². The summed E-state index contributed by atoms with van der Waals surface area (Å²) in [5.41, 5.74) is 3.73. The molecule has 1 aliphatic carbocycles. The van der Waals surface area contributed by atoms with Gasteiger partial charge in [0.05, 0.1) is 30.6 Å². The van der Waals surface area contributed by atoms with Gasteiger partial charge in [0.2, 0.25) is 0 Å². The van der Waals surface area contributed by atoms with Crippen LogP contribution in [0.3, 0.4) is 0 Å². The smallest absolute Gasteiger partial charge is 0.339 e. The zero-order valence-corrected chi connectivity index (χ0v) is 27.1. The summed E-state index contributed by atoms with van der Waals surface area (Å²) in [7, 11) is 1.84. The zero-order valence-electron chi connectivity index (χ0n) is 27.1. The Hall–Kier alpha value is -3.17. The molecule has 1 aromatic heterocycles. The molecule has 2 N–H and O–H groups in total. The standard InChI is InChI=1S/C34H51N3O6/c1-9-10-11-12-25-18-29(31(32(38)30(25)33(39)40)28-17-23(4)13-14-27(28)22(2)3)42-16-15-41-24(5)21-43-34(6,7)19-26-20-37(8)36-35-26/h17-18,20,24,27-28,38H,2,9-16,19,21H2,1,3-8H3,(H,39,40). The molecule has 1 heterocycles. The molecular weight excluding hydrogens is 546 g/mol. The number of benzene rings is 1. The number of hydrogen-bond donors (Lipinski definition) is 2. The number of aryl methyl sites for hydroxylation is 2. The summed E-state index contributed by atoms with van der Waals surface area (Å²) in [5, 5.41) is 29.8. The lowest BCUT2D eigenvalue weighted by Crippen LogP contribution is -2.32. The van der Waals surface area contributed by atoms with E-state index in [0.717, 1.165) is 43.4 Å². The number of allylic oxidation sites excluding steroid dienone is 3. The maximum atomic E-state index is 12.4. The van der Waals surface area contributed by atoms with Gasteiger partial charge in [-0.15, -0.1) is 5.10 Å². The summed E-state index contributed by atoms with van der Waals surface area (Å²) in [6.45, 7) is 17.3. The van der Waals surface area contributed by atoms with Crippen LogP contribution in [0.2, 0.25) is 0 Å². The summed E-state index contributed by atoms with van der Waals surface area (Å²) in [6.07, 6.45) is 9.68. The third-order valence-electron chi connectivity index (χ3n) is 8.07. The summed E-state index contributed by atoms with van der Waals surface area (Å²) >= 11 is 0. The quantitative estimate of drug-likeness (QED) is 0.151. The second-order valence-electron chi connectivity index (χ2n) is 12.6. The Morgan fingerprint density at radius 3 is 2.65 bits per heavy atom. The highest BCUT2D eigenvalue weighted by atomic mass is 16.6. The SMILES string of the molecule is C=C(C)C1CCC(C)=CC1c1c(OCCOC(C)COC(C)(C)Cc2cn(C)nn2)cc(CCCCC)c(C(=O)O)c1O. The zero-order chi connectivity index (χ0) is 31.7. The number of carboxylic acid groups (broad SMARTS) is 1. The summed E-state index contributed by atoms with van der Waals surface area (Å²) in [4.78, 5) is 12.4. The van der Waals surface area contributed by atoms with Crippen molar-refractivity contribution in [3.05, 3.63) is 58.4 Å². The number of nitrogens with zero attached hydrogens (tertiary/aromatic N) is 3. The monoisotopic (exact) mass is 597 g/mol. The molecule has 0 aliphatic heterocycles. The van der Waals surface area contributed by atoms with Gasteiger partial charge in [-0.25, -0.2) is 4.79 Å². The first kappa shape index (κ1) is 34.3. The molecule has 3 atom stereocenters. The fourth-order valence-corrected chi connectivity index (χ4v) is 5.82. The van der Waals surface area contributed by atoms with Crippen molar-refractivity contribution in [1.82, 2.24) is 15.0 Å². The third-order valence-corrected chi connectivity index (χ3v) is 8.07. The Morgan fingerprint density at radius 1 is 1.28 bits per heavy atom. The molecule has 2 aromatic rings. The van der Waals surface area contributed by atoms with Crippen LogP contribution in [0.4, 0.5) is 0 Å². The molecule has 3 rings (SSSR count). The van der Waals surface area contributed by atoms with E-state index in [1.807, 2.05) is 47.0 Å². The van der Waals surface area contributed by atoms with E-state index in [2.05, 4.69) is 36.8 Å². The minimum atomic E-state index is -1.13.